The summed E-state index contributed by atoms with van der Waals surface area (Å²) in [4.78, 5) is 14.0. The van der Waals surface area contributed by atoms with Crippen molar-refractivity contribution in [3.63, 3.8) is 0 Å². The number of fused-ring (bicyclic) bond motifs is 1. The van der Waals surface area contributed by atoms with Crippen LogP contribution in [0.2, 0.25) is 0 Å². The van der Waals surface area contributed by atoms with E-state index in [9.17, 15) is 10.1 Å². The van der Waals surface area contributed by atoms with Gasteiger partial charge in [-0.15, -0.1) is 28.1 Å². The second kappa shape index (κ2) is 8.72. The molecular formula is C19H23N5OS2. The summed E-state index contributed by atoms with van der Waals surface area (Å²) >= 11 is 2.92. The van der Waals surface area contributed by atoms with E-state index in [0.29, 0.717) is 22.3 Å². The van der Waals surface area contributed by atoms with Crippen molar-refractivity contribution >= 4 is 34.0 Å². The van der Waals surface area contributed by atoms with Crippen LogP contribution in [0.1, 0.15) is 48.0 Å². The molecule has 0 fully saturated rings. The average molecular weight is 402 g/mol. The zero-order valence-corrected chi connectivity index (χ0v) is 17.3. The number of nitrogens with zero attached hydrogens (tertiary/aromatic N) is 4. The van der Waals surface area contributed by atoms with Gasteiger partial charge in [-0.2, -0.15) is 5.26 Å². The highest BCUT2D eigenvalue weighted by atomic mass is 32.2. The van der Waals surface area contributed by atoms with Gasteiger partial charge in [0.1, 0.15) is 16.9 Å². The highest BCUT2D eigenvalue weighted by Crippen LogP contribution is 2.37. The van der Waals surface area contributed by atoms with E-state index in [-0.39, 0.29) is 11.2 Å². The van der Waals surface area contributed by atoms with Gasteiger partial charge in [0.2, 0.25) is 5.91 Å². The van der Waals surface area contributed by atoms with E-state index < -0.39 is 0 Å². The minimum Gasteiger partial charge on any atom is -0.316 e. The van der Waals surface area contributed by atoms with Crippen LogP contribution in [-0.4, -0.2) is 25.9 Å². The summed E-state index contributed by atoms with van der Waals surface area (Å²) in [5, 5.41) is 21.9. The lowest BCUT2D eigenvalue weighted by Gasteiger charge is -2.12. The molecule has 0 aliphatic heterocycles. The van der Waals surface area contributed by atoms with Gasteiger partial charge in [0.25, 0.3) is 0 Å². The number of allylic oxidation sites excluding steroid dienone is 1. The maximum atomic E-state index is 12.7. The molecule has 2 aromatic rings. The average Bonchev–Trinajstić information content (AvgIpc) is 3.05. The van der Waals surface area contributed by atoms with E-state index in [1.54, 1.807) is 17.4 Å². The smallest absolute Gasteiger partial charge is 0.238 e. The Balaban J connectivity index is 1.74. The molecule has 1 N–H and O–H groups in total. The molecule has 0 unspecified atom stereocenters. The molecule has 1 amide bonds. The van der Waals surface area contributed by atoms with Crippen LogP contribution in [0.25, 0.3) is 0 Å². The minimum atomic E-state index is -0.356. The van der Waals surface area contributed by atoms with Crippen molar-refractivity contribution in [2.24, 2.45) is 0 Å². The molecule has 0 radical (unpaired) electrons. The summed E-state index contributed by atoms with van der Waals surface area (Å²) in [6.45, 7) is 8.07. The van der Waals surface area contributed by atoms with Crippen LogP contribution in [0.5, 0.6) is 0 Å². The summed E-state index contributed by atoms with van der Waals surface area (Å²) in [5.74, 6) is 0.664. The molecule has 142 valence electrons. The molecule has 1 atom stereocenters. The number of hydrogen-bond acceptors (Lipinski definition) is 6. The minimum absolute atomic E-state index is 0.126. The molecule has 0 saturated carbocycles. The number of nitriles is 1. The highest BCUT2D eigenvalue weighted by molar-refractivity contribution is 8.00. The summed E-state index contributed by atoms with van der Waals surface area (Å²) < 4.78 is 1.93. The van der Waals surface area contributed by atoms with Crippen LogP contribution in [0.15, 0.2) is 17.8 Å². The van der Waals surface area contributed by atoms with Crippen molar-refractivity contribution in [2.45, 2.75) is 62.9 Å². The topological polar surface area (TPSA) is 83.6 Å². The number of hydrogen-bond donors (Lipinski definition) is 1. The number of amides is 1. The van der Waals surface area contributed by atoms with E-state index in [0.717, 1.165) is 37.1 Å². The van der Waals surface area contributed by atoms with Gasteiger partial charge in [-0.3, -0.25) is 4.79 Å². The summed E-state index contributed by atoms with van der Waals surface area (Å²) in [6, 6.07) is 2.31. The number of thioether (sulfide) groups is 1. The van der Waals surface area contributed by atoms with E-state index in [1.165, 1.54) is 23.1 Å². The molecule has 27 heavy (non-hydrogen) atoms. The van der Waals surface area contributed by atoms with Crippen molar-refractivity contribution < 1.29 is 4.79 Å². The van der Waals surface area contributed by atoms with Gasteiger partial charge in [-0.1, -0.05) is 24.3 Å². The fourth-order valence-corrected chi connectivity index (χ4v) is 5.31. The molecule has 1 aliphatic carbocycles. The molecule has 2 heterocycles. The van der Waals surface area contributed by atoms with Crippen LogP contribution in [0, 0.1) is 18.3 Å². The lowest BCUT2D eigenvalue weighted by atomic mass is 10.1. The van der Waals surface area contributed by atoms with Crippen molar-refractivity contribution in [1.29, 1.82) is 5.26 Å². The predicted molar refractivity (Wildman–Crippen MR) is 109 cm³/mol. The van der Waals surface area contributed by atoms with Crippen LogP contribution >= 0.6 is 23.1 Å². The fourth-order valence-electron chi connectivity index (χ4n) is 3.16. The Hall–Kier alpha value is -2.11. The zero-order valence-electron chi connectivity index (χ0n) is 15.6. The van der Waals surface area contributed by atoms with Crippen LogP contribution in [-0.2, 0) is 24.2 Å². The molecule has 1 aliphatic rings. The van der Waals surface area contributed by atoms with Gasteiger partial charge in [0.15, 0.2) is 5.16 Å². The third-order valence-electron chi connectivity index (χ3n) is 4.63. The van der Waals surface area contributed by atoms with Crippen molar-refractivity contribution in [3.8, 4) is 6.07 Å². The van der Waals surface area contributed by atoms with E-state index in [1.807, 2.05) is 18.4 Å². The van der Waals surface area contributed by atoms with Crippen molar-refractivity contribution in [2.75, 3.05) is 5.32 Å². The summed E-state index contributed by atoms with van der Waals surface area (Å²) in [6.07, 6.45) is 7.17. The Morgan fingerprint density at radius 2 is 2.22 bits per heavy atom. The third kappa shape index (κ3) is 4.25. The number of aromatic nitrogens is 3. The Morgan fingerprint density at radius 3 is 2.96 bits per heavy atom. The molecular weight excluding hydrogens is 378 g/mol. The molecule has 2 aromatic heterocycles. The third-order valence-corrected chi connectivity index (χ3v) is 6.92. The van der Waals surface area contributed by atoms with Crippen LogP contribution in [0.4, 0.5) is 5.00 Å². The molecule has 0 aromatic carbocycles. The van der Waals surface area contributed by atoms with Crippen LogP contribution in [0.3, 0.4) is 0 Å². The Bertz CT molecular complexity index is 893. The standard InChI is InChI=1S/C19H23N5OS2/c1-4-10-24-13(3)22-23-19(24)26-12(2)17(25)21-18-15(11-20)14-8-6-5-7-9-16(14)27-18/h4,12H,1,5-10H2,2-3H3,(H,21,25)/t12-/m1/s1. The summed E-state index contributed by atoms with van der Waals surface area (Å²) in [7, 11) is 0. The van der Waals surface area contributed by atoms with Gasteiger partial charge in [0.05, 0.1) is 10.8 Å². The lowest BCUT2D eigenvalue weighted by molar-refractivity contribution is -0.115. The largest absolute Gasteiger partial charge is 0.316 e. The summed E-state index contributed by atoms with van der Waals surface area (Å²) in [5.41, 5.74) is 1.78. The molecule has 0 bridgehead atoms. The van der Waals surface area contributed by atoms with Gasteiger partial charge < -0.3 is 9.88 Å². The molecule has 0 spiro atoms. The van der Waals surface area contributed by atoms with Crippen LogP contribution < -0.4 is 5.32 Å². The van der Waals surface area contributed by atoms with Gasteiger partial charge >= 0.3 is 0 Å². The SMILES string of the molecule is C=CCn1c(C)nnc1S[C@H](C)C(=O)Nc1sc2c(c1C#N)CCCCC2. The molecule has 8 heteroatoms. The van der Waals surface area contributed by atoms with E-state index in [2.05, 4.69) is 28.2 Å². The molecule has 3 rings (SSSR count). The van der Waals surface area contributed by atoms with Gasteiger partial charge in [-0.05, 0) is 45.1 Å². The highest BCUT2D eigenvalue weighted by Gasteiger charge is 2.24. The monoisotopic (exact) mass is 401 g/mol. The first-order valence-electron chi connectivity index (χ1n) is 9.08. The predicted octanol–water partition coefficient (Wildman–Crippen LogP) is 4.09. The van der Waals surface area contributed by atoms with Gasteiger partial charge in [-0.25, -0.2) is 0 Å². The van der Waals surface area contributed by atoms with Crippen molar-refractivity contribution in [3.05, 3.63) is 34.5 Å². The second-order valence-corrected chi connectivity index (χ2v) is 8.97. The number of anilines is 1. The number of rotatable bonds is 6. The number of nitrogens with one attached hydrogen (secondary N) is 1. The number of carbonyl (C=O) groups is 1. The number of aryl methyl sites for hydroxylation is 2. The Labute approximate surface area is 167 Å². The maximum absolute atomic E-state index is 12.7. The first-order chi connectivity index (χ1) is 13.0. The normalized spacial score (nSPS) is 14.7. The second-order valence-electron chi connectivity index (χ2n) is 6.56. The lowest BCUT2D eigenvalue weighted by Crippen LogP contribution is -2.23. The van der Waals surface area contributed by atoms with E-state index >= 15 is 0 Å². The molecule has 6 nitrogen and oxygen atoms in total. The van der Waals surface area contributed by atoms with Gasteiger partial charge in [0, 0.05) is 11.4 Å². The number of thiophene rings is 1. The van der Waals surface area contributed by atoms with E-state index in [4.69, 9.17) is 0 Å². The fraction of sp³-hybridized carbons (Fsp3) is 0.474. The quantitative estimate of drug-likeness (QED) is 0.448. The first kappa shape index (κ1) is 19.6. The first-order valence-corrected chi connectivity index (χ1v) is 10.8. The van der Waals surface area contributed by atoms with Crippen molar-refractivity contribution in [1.82, 2.24) is 14.8 Å². The Kier molecular flexibility index (Phi) is 6.34. The Morgan fingerprint density at radius 1 is 1.44 bits per heavy atom. The maximum Gasteiger partial charge on any atom is 0.238 e. The number of carbonyl (C=O) groups excluding carboxylic acids is 1. The molecule has 0 saturated heterocycles. The zero-order chi connectivity index (χ0) is 19.4.